The van der Waals surface area contributed by atoms with Gasteiger partial charge in [0.25, 0.3) is 0 Å². The molecule has 2 aromatic carbocycles. The molecule has 0 unspecified atom stereocenters. The van der Waals surface area contributed by atoms with Crippen molar-refractivity contribution in [3.8, 4) is 0 Å². The number of aromatic nitrogens is 7. The Morgan fingerprint density at radius 2 is 1.28 bits per heavy atom. The molecule has 3 aliphatic heterocycles. The number of fused-ring (bicyclic) bond motifs is 3. The molecule has 344 valence electrons. The fourth-order valence-corrected chi connectivity index (χ4v) is 10.1. The summed E-state index contributed by atoms with van der Waals surface area (Å²) in [6, 6.07) is 17.9. The summed E-state index contributed by atoms with van der Waals surface area (Å²) in [4.78, 5) is 76.2. The number of hydrogen-bond acceptors (Lipinski definition) is 13. The Bertz CT molecular complexity index is 2980. The quantitative estimate of drug-likeness (QED) is 0.110. The summed E-state index contributed by atoms with van der Waals surface area (Å²) in [6.45, 7) is 7.38. The molecule has 8 heterocycles. The van der Waals surface area contributed by atoms with Gasteiger partial charge in [-0.1, -0.05) is 37.3 Å². The van der Waals surface area contributed by atoms with Crippen molar-refractivity contribution in [3.63, 3.8) is 0 Å². The minimum Gasteiger partial charge on any atom is -0.383 e. The number of hydrogen-bond donors (Lipinski definition) is 6. The molecule has 0 radical (unpaired) electrons. The first-order chi connectivity index (χ1) is 32.6. The highest BCUT2D eigenvalue weighted by molar-refractivity contribution is 6.40. The van der Waals surface area contributed by atoms with E-state index in [1.807, 2.05) is 30.3 Å². The first kappa shape index (κ1) is 43.2. The molecule has 19 heteroatoms. The lowest BCUT2D eigenvalue weighted by Gasteiger charge is -2.41. The number of nitrogens with one attached hydrogen (secondary N) is 4. The zero-order valence-corrected chi connectivity index (χ0v) is 37.2. The third-order valence-corrected chi connectivity index (χ3v) is 13.8. The molecule has 5 aromatic heterocycles. The van der Waals surface area contributed by atoms with Crippen LogP contribution in [0.25, 0.3) is 32.7 Å². The minimum absolute atomic E-state index is 0.206. The number of carbonyl (C=O) groups excluding carboxylic acids is 4. The molecule has 10 rings (SSSR count). The highest BCUT2D eigenvalue weighted by Crippen LogP contribution is 2.38. The van der Waals surface area contributed by atoms with Crippen molar-refractivity contribution in [2.75, 3.05) is 72.8 Å². The van der Waals surface area contributed by atoms with Gasteiger partial charge in [-0.2, -0.15) is 10.2 Å². The third kappa shape index (κ3) is 8.76. The number of rotatable bonds is 8. The van der Waals surface area contributed by atoms with E-state index in [2.05, 4.69) is 87.0 Å². The Balaban J connectivity index is 0.759. The van der Waals surface area contributed by atoms with Gasteiger partial charge in [-0.25, -0.2) is 9.97 Å². The van der Waals surface area contributed by atoms with Crippen molar-refractivity contribution >= 4 is 85.0 Å². The van der Waals surface area contributed by atoms with Crippen molar-refractivity contribution < 1.29 is 19.2 Å². The fourth-order valence-electron chi connectivity index (χ4n) is 10.1. The number of H-pyrrole nitrogens is 2. The molecule has 19 nitrogen and oxygen atoms in total. The number of nitrogen functional groups attached to an aromatic ring is 2. The largest absolute Gasteiger partial charge is 0.383 e. The predicted molar refractivity (Wildman–Crippen MR) is 255 cm³/mol. The number of pyridine rings is 3. The van der Waals surface area contributed by atoms with Crippen LogP contribution in [0.15, 0.2) is 85.6 Å². The number of anilines is 5. The number of piperazine rings is 1. The molecule has 67 heavy (non-hydrogen) atoms. The summed E-state index contributed by atoms with van der Waals surface area (Å²) in [6.07, 6.45) is 11.9. The zero-order valence-electron chi connectivity index (χ0n) is 37.2. The van der Waals surface area contributed by atoms with Crippen LogP contribution in [0.3, 0.4) is 0 Å². The summed E-state index contributed by atoms with van der Waals surface area (Å²) >= 11 is 0. The molecule has 0 spiro atoms. The van der Waals surface area contributed by atoms with Crippen LogP contribution in [-0.2, 0) is 19.2 Å². The first-order valence-corrected chi connectivity index (χ1v) is 22.9. The molecular formula is C48H53N15O4. The molecule has 0 aliphatic carbocycles. The van der Waals surface area contributed by atoms with Crippen molar-refractivity contribution in [1.82, 2.24) is 50.0 Å². The number of amides is 4. The second-order valence-electron chi connectivity index (χ2n) is 18.1. The number of aromatic amines is 2. The Hall–Kier alpha value is -7.67. The van der Waals surface area contributed by atoms with E-state index in [1.165, 1.54) is 24.8 Å². The van der Waals surface area contributed by atoms with E-state index in [4.69, 9.17) is 11.5 Å². The Kier molecular flexibility index (Phi) is 11.8. The first-order valence-electron chi connectivity index (χ1n) is 22.9. The minimum atomic E-state index is -0.747. The van der Waals surface area contributed by atoms with Gasteiger partial charge in [0.15, 0.2) is 0 Å². The molecule has 0 bridgehead atoms. The van der Waals surface area contributed by atoms with Crippen LogP contribution < -0.4 is 27.0 Å². The SMILES string of the molecule is C[C@H]1CC[C@H](c2ccc(N3CCN(CC[C@H]4CC[C@H](c5ccc6cccnc6c5)N(C(=O)C(=O)Nc5cnc(N)c6cn[nH]c56)C4)CC3)cc2)N(C(=O)C(=O)Nc2cnc(N)c3cn[nH]c23)C1. The van der Waals surface area contributed by atoms with E-state index >= 15 is 0 Å². The number of benzene rings is 2. The van der Waals surface area contributed by atoms with E-state index in [9.17, 15) is 19.2 Å². The maximum atomic E-state index is 14.2. The average Bonchev–Trinajstić information content (AvgIpc) is 4.08. The van der Waals surface area contributed by atoms with Crippen LogP contribution in [-0.4, -0.2) is 119 Å². The van der Waals surface area contributed by atoms with Crippen molar-refractivity contribution in [3.05, 3.63) is 96.7 Å². The van der Waals surface area contributed by atoms with Gasteiger partial charge in [0, 0.05) is 56.5 Å². The summed E-state index contributed by atoms with van der Waals surface area (Å²) in [7, 11) is 0. The van der Waals surface area contributed by atoms with Gasteiger partial charge in [-0.3, -0.25) is 39.3 Å². The molecule has 3 fully saturated rings. The van der Waals surface area contributed by atoms with Crippen LogP contribution in [0.4, 0.5) is 28.7 Å². The lowest BCUT2D eigenvalue weighted by Crippen LogP contribution is -2.49. The second kappa shape index (κ2) is 18.3. The normalized spacial score (nSPS) is 20.3. The number of nitrogens with two attached hydrogens (primary N) is 2. The van der Waals surface area contributed by atoms with Crippen LogP contribution in [0.1, 0.15) is 62.2 Å². The van der Waals surface area contributed by atoms with Crippen LogP contribution >= 0.6 is 0 Å². The topological polar surface area (TPSA) is 253 Å². The molecule has 0 saturated carbocycles. The maximum Gasteiger partial charge on any atom is 0.314 e. The third-order valence-electron chi connectivity index (χ3n) is 13.8. The zero-order chi connectivity index (χ0) is 46.2. The van der Waals surface area contributed by atoms with Gasteiger partial charge >= 0.3 is 23.6 Å². The van der Waals surface area contributed by atoms with E-state index in [0.29, 0.717) is 46.3 Å². The van der Waals surface area contributed by atoms with E-state index in [-0.39, 0.29) is 35.6 Å². The molecule has 8 N–H and O–H groups in total. The molecule has 4 amide bonds. The molecule has 3 aliphatic rings. The smallest absolute Gasteiger partial charge is 0.314 e. The van der Waals surface area contributed by atoms with Gasteiger partial charge in [-0.05, 0) is 85.9 Å². The second-order valence-corrected chi connectivity index (χ2v) is 18.1. The monoisotopic (exact) mass is 903 g/mol. The molecule has 3 saturated heterocycles. The van der Waals surface area contributed by atoms with E-state index in [1.54, 1.807) is 16.0 Å². The van der Waals surface area contributed by atoms with Gasteiger partial charge in [0.05, 0.1) is 75.6 Å². The number of carbonyl (C=O) groups is 4. The van der Waals surface area contributed by atoms with Crippen molar-refractivity contribution in [2.24, 2.45) is 11.8 Å². The van der Waals surface area contributed by atoms with Crippen LogP contribution in [0.2, 0.25) is 0 Å². The highest BCUT2D eigenvalue weighted by Gasteiger charge is 2.37. The summed E-state index contributed by atoms with van der Waals surface area (Å²) in [5.74, 6) is -1.66. The predicted octanol–water partition coefficient (Wildman–Crippen LogP) is 5.01. The number of nitrogens with zero attached hydrogens (tertiary/aromatic N) is 9. The summed E-state index contributed by atoms with van der Waals surface area (Å²) in [5, 5.41) is 21.4. The van der Waals surface area contributed by atoms with E-state index < -0.39 is 23.6 Å². The molecular weight excluding hydrogens is 851 g/mol. The maximum absolute atomic E-state index is 14.2. The molecule has 7 aromatic rings. The van der Waals surface area contributed by atoms with Crippen molar-refractivity contribution in [1.29, 1.82) is 0 Å². The number of likely N-dealkylation sites (tertiary alicyclic amines) is 2. The average molecular weight is 904 g/mol. The fraction of sp³-hybridized carbons (Fsp3) is 0.354. The number of piperidine rings is 2. The lowest BCUT2D eigenvalue weighted by molar-refractivity contribution is -0.146. The van der Waals surface area contributed by atoms with Gasteiger partial charge < -0.3 is 36.8 Å². The van der Waals surface area contributed by atoms with Gasteiger partial charge in [0.1, 0.15) is 11.6 Å². The molecule has 4 atom stereocenters. The van der Waals surface area contributed by atoms with Gasteiger partial charge in [0.2, 0.25) is 0 Å². The van der Waals surface area contributed by atoms with Crippen LogP contribution in [0.5, 0.6) is 0 Å². The summed E-state index contributed by atoms with van der Waals surface area (Å²) in [5.41, 5.74) is 17.6. The standard InChI is InChI=1S/C48H53N15O4/c1-28-4-12-39(62(26-28)47(66)45(64)56-37-24-52-43(49)34-22-54-58-41(34)37)31-8-10-33(11-9-31)61-19-17-60(18-20-61)16-14-29-5-13-40(32-7-6-30-3-2-15-51-36(30)21-32)63(27-29)48(67)46(65)57-38-25-53-44(50)35-23-55-59-42(35)38/h2-3,6-11,15,21-25,28-29,39-40H,4-5,12-14,16-20,26-27H2,1H3,(H2,49,52)(H2,50,53)(H,54,58)(H,55,59)(H,56,64)(H,57,65)/t28-,29+,39+,40+/m0/s1. The Morgan fingerprint density at radius 1 is 0.687 bits per heavy atom. The summed E-state index contributed by atoms with van der Waals surface area (Å²) < 4.78 is 0. The van der Waals surface area contributed by atoms with Crippen LogP contribution in [0, 0.1) is 11.8 Å². The Morgan fingerprint density at radius 3 is 1.94 bits per heavy atom. The van der Waals surface area contributed by atoms with Crippen molar-refractivity contribution in [2.45, 2.75) is 51.1 Å². The lowest BCUT2D eigenvalue weighted by atomic mass is 9.86. The highest BCUT2D eigenvalue weighted by atomic mass is 16.2. The Labute approximate surface area is 385 Å². The van der Waals surface area contributed by atoms with E-state index in [0.717, 1.165) is 92.5 Å². The van der Waals surface area contributed by atoms with Gasteiger partial charge in [-0.15, -0.1) is 0 Å².